The van der Waals surface area contributed by atoms with Crippen molar-refractivity contribution in [1.82, 2.24) is 9.38 Å². The van der Waals surface area contributed by atoms with Crippen LogP contribution in [0.1, 0.15) is 32.0 Å². The summed E-state index contributed by atoms with van der Waals surface area (Å²) in [6.45, 7) is 8.88. The predicted octanol–water partition coefficient (Wildman–Crippen LogP) is 5.04. The Balaban J connectivity index is 0.00000156. The van der Waals surface area contributed by atoms with Crippen molar-refractivity contribution in [2.75, 3.05) is 0 Å². The maximum atomic E-state index is 4.89. The molecule has 2 nitrogen and oxygen atoms in total. The molecule has 0 amide bonds. The Hall–Kier alpha value is -1.70. The van der Waals surface area contributed by atoms with Crippen LogP contribution in [0, 0.1) is 13.0 Å². The fourth-order valence-electron chi connectivity index (χ4n) is 3.12. The van der Waals surface area contributed by atoms with E-state index in [9.17, 15) is 0 Å². The third-order valence-electron chi connectivity index (χ3n) is 4.22. The summed E-state index contributed by atoms with van der Waals surface area (Å²) in [5, 5.41) is 2.29. The zero-order valence-electron chi connectivity index (χ0n) is 13.8. The van der Waals surface area contributed by atoms with Crippen molar-refractivity contribution in [2.24, 2.45) is 0 Å². The minimum absolute atomic E-state index is 0. The number of rotatable bonds is 0. The van der Waals surface area contributed by atoms with Crippen LogP contribution in [-0.2, 0) is 25.5 Å². The van der Waals surface area contributed by atoms with E-state index in [2.05, 4.69) is 68.5 Å². The SMILES string of the molecule is Cc1ccc2nc3c4[c-]cccc4cc(C(C)(C)C)n3c2c1.[Ir]. The Morgan fingerprint density at radius 2 is 1.87 bits per heavy atom. The molecule has 119 valence electrons. The summed E-state index contributed by atoms with van der Waals surface area (Å²) in [6.07, 6.45) is 0. The molecule has 2 heterocycles. The number of benzene rings is 2. The average Bonchev–Trinajstić information content (AvgIpc) is 2.84. The van der Waals surface area contributed by atoms with Crippen molar-refractivity contribution in [3.63, 3.8) is 0 Å². The first-order valence-electron chi connectivity index (χ1n) is 7.68. The van der Waals surface area contributed by atoms with Gasteiger partial charge in [-0.05, 0) is 24.6 Å². The van der Waals surface area contributed by atoms with Gasteiger partial charge in [0.05, 0.1) is 16.7 Å². The van der Waals surface area contributed by atoms with Crippen LogP contribution < -0.4 is 0 Å². The van der Waals surface area contributed by atoms with E-state index in [1.807, 2.05) is 12.1 Å². The zero-order valence-corrected chi connectivity index (χ0v) is 16.2. The molecule has 23 heavy (non-hydrogen) atoms. The molecule has 0 saturated heterocycles. The van der Waals surface area contributed by atoms with E-state index < -0.39 is 0 Å². The molecule has 0 fully saturated rings. The van der Waals surface area contributed by atoms with Gasteiger partial charge in [-0.3, -0.25) is 4.98 Å². The van der Waals surface area contributed by atoms with Gasteiger partial charge in [-0.15, -0.1) is 35.0 Å². The summed E-state index contributed by atoms with van der Waals surface area (Å²) in [6, 6.07) is 18.2. The molecule has 0 atom stereocenters. The van der Waals surface area contributed by atoms with Crippen LogP contribution in [0.5, 0.6) is 0 Å². The van der Waals surface area contributed by atoms with E-state index >= 15 is 0 Å². The molecule has 4 rings (SSSR count). The van der Waals surface area contributed by atoms with E-state index in [0.29, 0.717) is 0 Å². The fourth-order valence-corrected chi connectivity index (χ4v) is 3.12. The second-order valence-electron chi connectivity index (χ2n) is 7.04. The smallest absolute Gasteiger partial charge is 0.0774 e. The topological polar surface area (TPSA) is 17.3 Å². The molecule has 0 unspecified atom stereocenters. The first-order chi connectivity index (χ1) is 10.4. The van der Waals surface area contributed by atoms with Crippen molar-refractivity contribution in [1.29, 1.82) is 0 Å². The zero-order chi connectivity index (χ0) is 15.5. The van der Waals surface area contributed by atoms with E-state index in [1.165, 1.54) is 22.2 Å². The first kappa shape index (κ1) is 16.2. The van der Waals surface area contributed by atoms with Gasteiger partial charge in [0.15, 0.2) is 0 Å². The minimum Gasteiger partial charge on any atom is -0.337 e. The van der Waals surface area contributed by atoms with Crippen LogP contribution in [0.2, 0.25) is 0 Å². The molecule has 0 aliphatic carbocycles. The molecule has 1 radical (unpaired) electrons. The van der Waals surface area contributed by atoms with Crippen LogP contribution in [0.4, 0.5) is 0 Å². The number of hydrogen-bond acceptors (Lipinski definition) is 1. The monoisotopic (exact) mass is 480 g/mol. The molecule has 0 saturated carbocycles. The number of aromatic nitrogens is 2. The quantitative estimate of drug-likeness (QED) is 0.323. The van der Waals surface area contributed by atoms with Crippen molar-refractivity contribution in [3.05, 3.63) is 59.8 Å². The van der Waals surface area contributed by atoms with Gasteiger partial charge in [0.25, 0.3) is 0 Å². The molecule has 0 bridgehead atoms. The summed E-state index contributed by atoms with van der Waals surface area (Å²) in [7, 11) is 0. The van der Waals surface area contributed by atoms with Crippen LogP contribution in [-0.4, -0.2) is 9.38 Å². The number of imidazole rings is 1. The van der Waals surface area contributed by atoms with E-state index in [4.69, 9.17) is 4.98 Å². The second kappa shape index (κ2) is 5.43. The number of nitrogens with zero attached hydrogens (tertiary/aromatic N) is 2. The average molecular weight is 480 g/mol. The third-order valence-corrected chi connectivity index (χ3v) is 4.22. The summed E-state index contributed by atoms with van der Waals surface area (Å²) < 4.78 is 2.31. The summed E-state index contributed by atoms with van der Waals surface area (Å²) >= 11 is 0. The van der Waals surface area contributed by atoms with E-state index in [-0.39, 0.29) is 25.5 Å². The number of pyridine rings is 1. The van der Waals surface area contributed by atoms with Crippen LogP contribution in [0.25, 0.3) is 27.5 Å². The number of fused-ring (bicyclic) bond motifs is 5. The minimum atomic E-state index is 0. The third kappa shape index (κ3) is 2.49. The van der Waals surface area contributed by atoms with Gasteiger partial charge >= 0.3 is 0 Å². The van der Waals surface area contributed by atoms with Gasteiger partial charge in [-0.1, -0.05) is 32.9 Å². The van der Waals surface area contributed by atoms with E-state index in [0.717, 1.165) is 16.6 Å². The molecule has 0 N–H and O–H groups in total. The molecule has 0 aliphatic rings. The van der Waals surface area contributed by atoms with Crippen molar-refractivity contribution >= 4 is 27.5 Å². The molecule has 2 aromatic heterocycles. The van der Waals surface area contributed by atoms with Crippen molar-refractivity contribution in [2.45, 2.75) is 33.1 Å². The Morgan fingerprint density at radius 3 is 2.61 bits per heavy atom. The number of aryl methyl sites for hydroxylation is 1. The molecule has 2 aromatic carbocycles. The second-order valence-corrected chi connectivity index (χ2v) is 7.04. The molecule has 0 spiro atoms. The van der Waals surface area contributed by atoms with Gasteiger partial charge in [0.2, 0.25) is 0 Å². The largest absolute Gasteiger partial charge is 0.337 e. The predicted molar refractivity (Wildman–Crippen MR) is 92.5 cm³/mol. The van der Waals surface area contributed by atoms with Crippen LogP contribution in [0.3, 0.4) is 0 Å². The Bertz CT molecular complexity index is 1020. The van der Waals surface area contributed by atoms with Gasteiger partial charge in [-0.2, -0.15) is 0 Å². The van der Waals surface area contributed by atoms with Gasteiger partial charge in [0, 0.05) is 31.2 Å². The van der Waals surface area contributed by atoms with Gasteiger partial charge in [-0.25, -0.2) is 0 Å². The Morgan fingerprint density at radius 1 is 1.09 bits per heavy atom. The Labute approximate surface area is 149 Å². The van der Waals surface area contributed by atoms with Gasteiger partial charge in [0.1, 0.15) is 0 Å². The molecular weight excluding hydrogens is 460 g/mol. The Kier molecular flexibility index (Phi) is 3.82. The summed E-state index contributed by atoms with van der Waals surface area (Å²) in [5.74, 6) is 0. The maximum Gasteiger partial charge on any atom is 0.0774 e. The standard InChI is InChI=1S/C20H19N2.Ir/c1-13-9-10-16-17(11-13)22-18(20(2,3)4)12-14-7-5-6-8-15(14)19(22)21-16;/h5-7,9-12H,1-4H3;/q-1;. The van der Waals surface area contributed by atoms with Crippen molar-refractivity contribution < 1.29 is 20.1 Å². The molecule has 4 aromatic rings. The first-order valence-corrected chi connectivity index (χ1v) is 7.68. The van der Waals surface area contributed by atoms with Crippen LogP contribution in [0.15, 0.2) is 42.5 Å². The van der Waals surface area contributed by atoms with Gasteiger partial charge < -0.3 is 4.40 Å². The maximum absolute atomic E-state index is 4.89. The summed E-state index contributed by atoms with van der Waals surface area (Å²) in [4.78, 5) is 4.89. The molecular formula is C20H19IrN2-. The van der Waals surface area contributed by atoms with Crippen molar-refractivity contribution in [3.8, 4) is 0 Å². The molecule has 0 aliphatic heterocycles. The number of hydrogen-bond donors (Lipinski definition) is 0. The summed E-state index contributed by atoms with van der Waals surface area (Å²) in [5.41, 5.74) is 5.80. The normalized spacial score (nSPS) is 12.0. The van der Waals surface area contributed by atoms with E-state index in [1.54, 1.807) is 0 Å². The fraction of sp³-hybridized carbons (Fsp3) is 0.250. The van der Waals surface area contributed by atoms with Crippen LogP contribution >= 0.6 is 0 Å². The molecule has 3 heteroatoms.